The zero-order valence-electron chi connectivity index (χ0n) is 14.7. The summed E-state index contributed by atoms with van der Waals surface area (Å²) in [7, 11) is 1.82. The Kier molecular flexibility index (Phi) is 5.18. The molecule has 0 aliphatic heterocycles. The average Bonchev–Trinajstić information content (AvgIpc) is 3.09. The van der Waals surface area contributed by atoms with Crippen LogP contribution in [0.4, 0.5) is 0 Å². The molecule has 24 heavy (non-hydrogen) atoms. The summed E-state index contributed by atoms with van der Waals surface area (Å²) in [4.78, 5) is 16.6. The van der Waals surface area contributed by atoms with Gasteiger partial charge in [0.15, 0.2) is 0 Å². The average molecular weight is 332 g/mol. The van der Waals surface area contributed by atoms with Gasteiger partial charge in [-0.1, -0.05) is 12.8 Å². The van der Waals surface area contributed by atoms with Gasteiger partial charge in [0.2, 0.25) is 0 Å². The van der Waals surface area contributed by atoms with Crippen molar-refractivity contribution in [1.29, 1.82) is 0 Å². The van der Waals surface area contributed by atoms with Crippen molar-refractivity contribution < 1.29 is 0 Å². The van der Waals surface area contributed by atoms with E-state index in [-0.39, 0.29) is 11.7 Å². The van der Waals surface area contributed by atoms with Crippen LogP contribution in [-0.4, -0.2) is 29.9 Å². The molecule has 0 amide bonds. The fourth-order valence-corrected chi connectivity index (χ4v) is 3.61. The quantitative estimate of drug-likeness (QED) is 0.862. The number of aryl methyl sites for hydroxylation is 3. The Bertz CT molecular complexity index is 728. The molecule has 0 aromatic carbocycles. The van der Waals surface area contributed by atoms with Gasteiger partial charge in [0.1, 0.15) is 11.6 Å². The lowest BCUT2D eigenvalue weighted by Gasteiger charge is -2.27. The highest BCUT2D eigenvalue weighted by Crippen LogP contribution is 2.25. The van der Waals surface area contributed by atoms with Crippen LogP contribution in [0.15, 0.2) is 17.2 Å². The van der Waals surface area contributed by atoms with Crippen LogP contribution in [0.2, 0.25) is 0 Å². The van der Waals surface area contributed by atoms with Gasteiger partial charge in [-0.3, -0.25) is 4.57 Å². The maximum Gasteiger partial charge on any atom is 0.345 e. The van der Waals surface area contributed by atoms with Crippen molar-refractivity contribution in [2.75, 3.05) is 0 Å². The molecule has 2 aromatic heterocycles. The second-order valence-electron chi connectivity index (χ2n) is 6.91. The smallest absolute Gasteiger partial charge is 0.335 e. The van der Waals surface area contributed by atoms with Gasteiger partial charge in [0, 0.05) is 45.0 Å². The van der Waals surface area contributed by atoms with E-state index >= 15 is 0 Å². The SMILES string of the molecule is Cc1nccn1CCCn1nc(C[C@H]2CCCC[C@H]2N)n(C)c1=O. The molecule has 2 heterocycles. The normalized spacial score (nSPS) is 21.3. The molecular weight excluding hydrogens is 304 g/mol. The Hall–Kier alpha value is -1.89. The van der Waals surface area contributed by atoms with Crippen LogP contribution in [0.1, 0.15) is 43.8 Å². The molecule has 1 aliphatic carbocycles. The first kappa shape index (κ1) is 17.0. The summed E-state index contributed by atoms with van der Waals surface area (Å²) in [6.07, 6.45) is 10.1. The van der Waals surface area contributed by atoms with Gasteiger partial charge in [-0.15, -0.1) is 0 Å². The number of aromatic nitrogens is 5. The summed E-state index contributed by atoms with van der Waals surface area (Å²) in [5.41, 5.74) is 6.21. The highest BCUT2D eigenvalue weighted by molar-refractivity contribution is 4.93. The maximum atomic E-state index is 12.4. The molecule has 1 fully saturated rings. The minimum absolute atomic E-state index is 0.0308. The maximum absolute atomic E-state index is 12.4. The number of hydrogen-bond donors (Lipinski definition) is 1. The van der Waals surface area contributed by atoms with Crippen molar-refractivity contribution in [1.82, 2.24) is 23.9 Å². The molecule has 0 saturated heterocycles. The minimum atomic E-state index is -0.0308. The van der Waals surface area contributed by atoms with Gasteiger partial charge in [0.05, 0.1) is 0 Å². The fraction of sp³-hybridized carbons (Fsp3) is 0.706. The van der Waals surface area contributed by atoms with E-state index in [1.807, 2.05) is 20.2 Å². The first-order chi connectivity index (χ1) is 11.6. The topological polar surface area (TPSA) is 83.7 Å². The van der Waals surface area contributed by atoms with Crippen molar-refractivity contribution in [3.63, 3.8) is 0 Å². The number of imidazole rings is 1. The molecule has 2 N–H and O–H groups in total. The lowest BCUT2D eigenvalue weighted by atomic mass is 9.83. The van der Waals surface area contributed by atoms with Crippen LogP contribution in [0.5, 0.6) is 0 Å². The summed E-state index contributed by atoms with van der Waals surface area (Å²) < 4.78 is 5.37. The zero-order valence-corrected chi connectivity index (χ0v) is 14.7. The van der Waals surface area contributed by atoms with E-state index in [1.54, 1.807) is 15.4 Å². The van der Waals surface area contributed by atoms with Crippen LogP contribution in [0, 0.1) is 12.8 Å². The van der Waals surface area contributed by atoms with E-state index in [0.29, 0.717) is 12.5 Å². The number of hydrogen-bond acceptors (Lipinski definition) is 4. The predicted molar refractivity (Wildman–Crippen MR) is 92.7 cm³/mol. The third-order valence-corrected chi connectivity index (χ3v) is 5.24. The molecule has 2 aromatic rings. The molecule has 7 heteroatoms. The van der Waals surface area contributed by atoms with Gasteiger partial charge in [-0.25, -0.2) is 14.5 Å². The van der Waals surface area contributed by atoms with E-state index < -0.39 is 0 Å². The monoisotopic (exact) mass is 332 g/mol. The molecule has 1 saturated carbocycles. The summed E-state index contributed by atoms with van der Waals surface area (Å²) >= 11 is 0. The molecular formula is C17H28N6O. The first-order valence-electron chi connectivity index (χ1n) is 8.92. The van der Waals surface area contributed by atoms with Gasteiger partial charge in [-0.05, 0) is 32.1 Å². The Morgan fingerprint density at radius 3 is 2.79 bits per heavy atom. The molecule has 132 valence electrons. The van der Waals surface area contributed by atoms with E-state index in [4.69, 9.17) is 5.73 Å². The van der Waals surface area contributed by atoms with E-state index in [9.17, 15) is 4.79 Å². The Morgan fingerprint density at radius 2 is 2.08 bits per heavy atom. The molecule has 0 radical (unpaired) electrons. The number of nitrogens with zero attached hydrogens (tertiary/aromatic N) is 5. The van der Waals surface area contributed by atoms with Gasteiger partial charge in [-0.2, -0.15) is 5.10 Å². The van der Waals surface area contributed by atoms with Crippen LogP contribution in [0.25, 0.3) is 0 Å². The van der Waals surface area contributed by atoms with Crippen molar-refractivity contribution in [3.05, 3.63) is 34.5 Å². The van der Waals surface area contributed by atoms with Crippen LogP contribution in [-0.2, 0) is 26.6 Å². The number of nitrogens with two attached hydrogens (primary N) is 1. The lowest BCUT2D eigenvalue weighted by molar-refractivity contribution is 0.300. The summed E-state index contributed by atoms with van der Waals surface area (Å²) in [5, 5.41) is 4.57. The second-order valence-corrected chi connectivity index (χ2v) is 6.91. The Balaban J connectivity index is 1.62. The lowest BCUT2D eigenvalue weighted by Crippen LogP contribution is -2.35. The molecule has 1 aliphatic rings. The van der Waals surface area contributed by atoms with E-state index in [1.165, 1.54) is 12.8 Å². The largest absolute Gasteiger partial charge is 0.345 e. The molecule has 0 spiro atoms. The summed E-state index contributed by atoms with van der Waals surface area (Å²) in [5.74, 6) is 2.30. The molecule has 3 rings (SSSR count). The molecule has 0 unspecified atom stereocenters. The zero-order chi connectivity index (χ0) is 17.1. The fourth-order valence-electron chi connectivity index (χ4n) is 3.61. The van der Waals surface area contributed by atoms with E-state index in [0.717, 1.165) is 43.9 Å². The van der Waals surface area contributed by atoms with Crippen LogP contribution < -0.4 is 11.4 Å². The van der Waals surface area contributed by atoms with Crippen LogP contribution in [0.3, 0.4) is 0 Å². The minimum Gasteiger partial charge on any atom is -0.335 e. The molecule has 2 atom stereocenters. The molecule has 0 bridgehead atoms. The third kappa shape index (κ3) is 3.61. The number of rotatable bonds is 6. The van der Waals surface area contributed by atoms with E-state index in [2.05, 4.69) is 14.6 Å². The summed E-state index contributed by atoms with van der Waals surface area (Å²) in [6.45, 7) is 3.46. The predicted octanol–water partition coefficient (Wildman–Crippen LogP) is 1.24. The Labute approximate surface area is 142 Å². The second kappa shape index (κ2) is 7.34. The van der Waals surface area contributed by atoms with Gasteiger partial charge in [0.25, 0.3) is 0 Å². The highest BCUT2D eigenvalue weighted by atomic mass is 16.2. The van der Waals surface area contributed by atoms with Crippen molar-refractivity contribution >= 4 is 0 Å². The van der Waals surface area contributed by atoms with Crippen molar-refractivity contribution in [2.24, 2.45) is 18.7 Å². The third-order valence-electron chi connectivity index (χ3n) is 5.24. The summed E-state index contributed by atoms with van der Waals surface area (Å²) in [6, 6.07) is 0.239. The van der Waals surface area contributed by atoms with Gasteiger partial charge >= 0.3 is 5.69 Å². The standard InChI is InChI=1S/C17H28N6O/c1-13-19-8-11-22(13)9-5-10-23-17(24)21(2)16(20-23)12-14-6-3-4-7-15(14)18/h8,11,14-15H,3-7,9-10,12,18H2,1-2H3/t14-,15-/m1/s1. The Morgan fingerprint density at radius 1 is 1.29 bits per heavy atom. The first-order valence-corrected chi connectivity index (χ1v) is 8.92. The van der Waals surface area contributed by atoms with Crippen LogP contribution >= 0.6 is 0 Å². The highest BCUT2D eigenvalue weighted by Gasteiger charge is 2.24. The van der Waals surface area contributed by atoms with Crippen molar-refractivity contribution in [2.45, 2.75) is 64.6 Å². The molecule has 7 nitrogen and oxygen atoms in total. The van der Waals surface area contributed by atoms with Gasteiger partial charge < -0.3 is 10.3 Å². The van der Waals surface area contributed by atoms with Crippen molar-refractivity contribution in [3.8, 4) is 0 Å².